The van der Waals surface area contributed by atoms with Crippen LogP contribution in [0, 0.1) is 6.92 Å². The average Bonchev–Trinajstić information content (AvgIpc) is 3.21. The second kappa shape index (κ2) is 6.42. The number of carbonyl (C=O) groups excluding carboxylic acids is 3. The molecular formula is C20H18N2O5. The van der Waals surface area contributed by atoms with Crippen molar-refractivity contribution in [2.75, 3.05) is 18.2 Å². The van der Waals surface area contributed by atoms with Crippen molar-refractivity contribution in [1.29, 1.82) is 0 Å². The van der Waals surface area contributed by atoms with E-state index in [1.807, 2.05) is 19.1 Å². The van der Waals surface area contributed by atoms with E-state index in [1.165, 1.54) is 4.90 Å². The van der Waals surface area contributed by atoms with Gasteiger partial charge in [0.25, 0.3) is 5.91 Å². The van der Waals surface area contributed by atoms with Crippen LogP contribution >= 0.6 is 0 Å². The number of carbonyl (C=O) groups is 3. The van der Waals surface area contributed by atoms with Crippen LogP contribution in [0.15, 0.2) is 42.5 Å². The van der Waals surface area contributed by atoms with Crippen molar-refractivity contribution in [3.8, 4) is 11.5 Å². The molecule has 3 amide bonds. The maximum Gasteiger partial charge on any atom is 0.332 e. The van der Waals surface area contributed by atoms with E-state index in [1.54, 1.807) is 37.3 Å². The molecule has 1 atom stereocenters. The summed E-state index contributed by atoms with van der Waals surface area (Å²) in [6, 6.07) is 11.0. The number of urea groups is 1. The molecule has 0 N–H and O–H groups in total. The second-order valence-corrected chi connectivity index (χ2v) is 6.58. The Morgan fingerprint density at radius 2 is 1.78 bits per heavy atom. The SMILES string of the molecule is Cc1ccc(N2C(=O)N(CC(=O)c3ccc4c(c3)OCO4)C(=O)[C@@H]2C)cc1. The van der Waals surface area contributed by atoms with Crippen molar-refractivity contribution in [2.45, 2.75) is 19.9 Å². The molecule has 0 bridgehead atoms. The predicted octanol–water partition coefficient (Wildman–Crippen LogP) is 2.76. The number of ether oxygens (including phenoxy) is 2. The van der Waals surface area contributed by atoms with Gasteiger partial charge in [-0.15, -0.1) is 0 Å². The highest BCUT2D eigenvalue weighted by atomic mass is 16.7. The van der Waals surface area contributed by atoms with Gasteiger partial charge in [0.1, 0.15) is 6.04 Å². The summed E-state index contributed by atoms with van der Waals surface area (Å²) in [5.74, 6) is 0.316. The van der Waals surface area contributed by atoms with Gasteiger partial charge in [-0.1, -0.05) is 17.7 Å². The summed E-state index contributed by atoms with van der Waals surface area (Å²) >= 11 is 0. The zero-order chi connectivity index (χ0) is 19.1. The zero-order valence-electron chi connectivity index (χ0n) is 15.0. The molecule has 2 aromatic rings. The zero-order valence-corrected chi connectivity index (χ0v) is 15.0. The first-order valence-corrected chi connectivity index (χ1v) is 8.60. The smallest absolute Gasteiger partial charge is 0.332 e. The largest absolute Gasteiger partial charge is 0.454 e. The van der Waals surface area contributed by atoms with Crippen LogP contribution < -0.4 is 14.4 Å². The summed E-state index contributed by atoms with van der Waals surface area (Å²) in [5.41, 5.74) is 2.05. The fourth-order valence-corrected chi connectivity index (χ4v) is 3.22. The van der Waals surface area contributed by atoms with Gasteiger partial charge in [0.15, 0.2) is 17.3 Å². The second-order valence-electron chi connectivity index (χ2n) is 6.58. The number of imide groups is 1. The Morgan fingerprint density at radius 3 is 2.52 bits per heavy atom. The molecular weight excluding hydrogens is 348 g/mol. The first kappa shape index (κ1) is 17.1. The molecule has 4 rings (SSSR count). The van der Waals surface area contributed by atoms with Crippen LogP contribution in [0.5, 0.6) is 11.5 Å². The van der Waals surface area contributed by atoms with Crippen molar-refractivity contribution in [3.63, 3.8) is 0 Å². The number of fused-ring (bicyclic) bond motifs is 1. The summed E-state index contributed by atoms with van der Waals surface area (Å²) in [7, 11) is 0. The van der Waals surface area contributed by atoms with E-state index in [-0.39, 0.29) is 19.1 Å². The molecule has 1 fully saturated rings. The monoisotopic (exact) mass is 366 g/mol. The van der Waals surface area contributed by atoms with Gasteiger partial charge < -0.3 is 9.47 Å². The lowest BCUT2D eigenvalue weighted by molar-refractivity contribution is -0.126. The van der Waals surface area contributed by atoms with Crippen LogP contribution in [-0.2, 0) is 4.79 Å². The van der Waals surface area contributed by atoms with Crippen LogP contribution in [-0.4, -0.2) is 42.0 Å². The first-order valence-electron chi connectivity index (χ1n) is 8.60. The van der Waals surface area contributed by atoms with Crippen LogP contribution in [0.25, 0.3) is 0 Å². The van der Waals surface area contributed by atoms with Gasteiger partial charge in [-0.3, -0.25) is 19.4 Å². The van der Waals surface area contributed by atoms with E-state index < -0.39 is 18.0 Å². The summed E-state index contributed by atoms with van der Waals surface area (Å²) in [6.07, 6.45) is 0. The van der Waals surface area contributed by atoms with E-state index in [0.717, 1.165) is 10.5 Å². The highest BCUT2D eigenvalue weighted by molar-refractivity contribution is 6.16. The van der Waals surface area contributed by atoms with Crippen molar-refractivity contribution >= 4 is 23.4 Å². The first-order chi connectivity index (χ1) is 13.0. The number of rotatable bonds is 4. The molecule has 2 aromatic carbocycles. The molecule has 1 saturated heterocycles. The molecule has 0 aliphatic carbocycles. The maximum absolute atomic E-state index is 12.8. The van der Waals surface area contributed by atoms with Gasteiger partial charge in [-0.05, 0) is 44.2 Å². The molecule has 7 heteroatoms. The summed E-state index contributed by atoms with van der Waals surface area (Å²) < 4.78 is 10.5. The summed E-state index contributed by atoms with van der Waals surface area (Å²) in [6.45, 7) is 3.40. The number of anilines is 1. The molecule has 27 heavy (non-hydrogen) atoms. The third-order valence-corrected chi connectivity index (χ3v) is 4.76. The quantitative estimate of drug-likeness (QED) is 0.614. The Bertz CT molecular complexity index is 938. The van der Waals surface area contributed by atoms with Gasteiger partial charge in [-0.2, -0.15) is 0 Å². The van der Waals surface area contributed by atoms with E-state index in [2.05, 4.69) is 0 Å². The summed E-state index contributed by atoms with van der Waals surface area (Å²) in [5, 5.41) is 0. The summed E-state index contributed by atoms with van der Waals surface area (Å²) in [4.78, 5) is 40.4. The van der Waals surface area contributed by atoms with Crippen molar-refractivity contribution in [3.05, 3.63) is 53.6 Å². The fraction of sp³-hybridized carbons (Fsp3) is 0.250. The van der Waals surface area contributed by atoms with Gasteiger partial charge in [0.2, 0.25) is 6.79 Å². The lowest BCUT2D eigenvalue weighted by Crippen LogP contribution is -2.37. The highest BCUT2D eigenvalue weighted by Gasteiger charge is 2.44. The minimum absolute atomic E-state index is 0.110. The van der Waals surface area contributed by atoms with Crippen LogP contribution in [0.4, 0.5) is 10.5 Å². The Kier molecular flexibility index (Phi) is 4.07. The van der Waals surface area contributed by atoms with Gasteiger partial charge in [0.05, 0.1) is 6.54 Å². The van der Waals surface area contributed by atoms with Crippen molar-refractivity contribution in [2.24, 2.45) is 0 Å². The minimum Gasteiger partial charge on any atom is -0.454 e. The molecule has 138 valence electrons. The number of ketones is 1. The molecule has 0 spiro atoms. The van der Waals surface area contributed by atoms with E-state index >= 15 is 0 Å². The number of nitrogens with zero attached hydrogens (tertiary/aromatic N) is 2. The third-order valence-electron chi connectivity index (χ3n) is 4.76. The van der Waals surface area contributed by atoms with Crippen LogP contribution in [0.1, 0.15) is 22.8 Å². The molecule has 0 aromatic heterocycles. The molecule has 2 aliphatic heterocycles. The Labute approximate surface area is 156 Å². The molecule has 0 saturated carbocycles. The van der Waals surface area contributed by atoms with Gasteiger partial charge in [-0.25, -0.2) is 4.79 Å². The number of Topliss-reactive ketones (excluding diaryl/α,β-unsaturated/α-hetero) is 1. The maximum atomic E-state index is 12.8. The number of hydrogen-bond donors (Lipinski definition) is 0. The van der Waals surface area contributed by atoms with Crippen molar-refractivity contribution < 1.29 is 23.9 Å². The number of hydrogen-bond acceptors (Lipinski definition) is 5. The predicted molar refractivity (Wildman–Crippen MR) is 97.1 cm³/mol. The number of benzene rings is 2. The van der Waals surface area contributed by atoms with Crippen LogP contribution in [0.2, 0.25) is 0 Å². The van der Waals surface area contributed by atoms with Gasteiger partial charge >= 0.3 is 6.03 Å². The highest BCUT2D eigenvalue weighted by Crippen LogP contribution is 2.33. The standard InChI is InChI=1S/C20H18N2O5/c1-12-3-6-15(7-4-12)22-13(2)19(24)21(20(22)25)10-16(23)14-5-8-17-18(9-14)27-11-26-17/h3-9,13H,10-11H2,1-2H3/t13-/m0/s1. The molecule has 2 heterocycles. The molecule has 2 aliphatic rings. The Hall–Kier alpha value is -3.35. The van der Waals surface area contributed by atoms with E-state index in [9.17, 15) is 14.4 Å². The average molecular weight is 366 g/mol. The van der Waals surface area contributed by atoms with Crippen LogP contribution in [0.3, 0.4) is 0 Å². The number of aryl methyl sites for hydroxylation is 1. The number of amides is 3. The fourth-order valence-electron chi connectivity index (χ4n) is 3.22. The Balaban J connectivity index is 1.55. The normalized spacial score (nSPS) is 18.4. The van der Waals surface area contributed by atoms with E-state index in [4.69, 9.17) is 9.47 Å². The lowest BCUT2D eigenvalue weighted by atomic mass is 10.1. The molecule has 0 radical (unpaired) electrons. The lowest BCUT2D eigenvalue weighted by Gasteiger charge is -2.19. The minimum atomic E-state index is -0.662. The van der Waals surface area contributed by atoms with E-state index in [0.29, 0.717) is 22.7 Å². The Morgan fingerprint density at radius 1 is 1.07 bits per heavy atom. The van der Waals surface area contributed by atoms with Gasteiger partial charge in [0, 0.05) is 11.3 Å². The third kappa shape index (κ3) is 2.91. The van der Waals surface area contributed by atoms with Crippen molar-refractivity contribution in [1.82, 2.24) is 4.90 Å². The molecule has 0 unspecified atom stereocenters. The topological polar surface area (TPSA) is 76.2 Å². The molecule has 7 nitrogen and oxygen atoms in total.